The van der Waals surface area contributed by atoms with E-state index in [1.807, 2.05) is 6.92 Å². The molecule has 2 aromatic rings. The van der Waals surface area contributed by atoms with E-state index in [0.29, 0.717) is 36.4 Å². The molecule has 2 heterocycles. The minimum absolute atomic E-state index is 0.00904. The van der Waals surface area contributed by atoms with Crippen LogP contribution in [-0.2, 0) is 26.0 Å². The first-order chi connectivity index (χ1) is 14.1. The number of sulfonamides is 1. The summed E-state index contributed by atoms with van der Waals surface area (Å²) >= 11 is 12.7. The molecule has 1 unspecified atom stereocenters. The Morgan fingerprint density at radius 1 is 1.33 bits per heavy atom. The molecule has 7 nitrogen and oxygen atoms in total. The number of nitrogens with zero attached hydrogens (tertiary/aromatic N) is 2. The van der Waals surface area contributed by atoms with E-state index in [0.717, 1.165) is 0 Å². The Bertz CT molecular complexity index is 1030. The minimum atomic E-state index is -3.89. The maximum Gasteiger partial charge on any atom is 0.306 e. The molecule has 2 atom stereocenters. The molecular weight excluding hydrogens is 451 g/mol. The number of aromatic nitrogens is 1. The molecule has 30 heavy (non-hydrogen) atoms. The van der Waals surface area contributed by atoms with Gasteiger partial charge >= 0.3 is 5.97 Å². The summed E-state index contributed by atoms with van der Waals surface area (Å²) in [5, 5.41) is 9.25. The quantitative estimate of drug-likeness (QED) is 0.558. The van der Waals surface area contributed by atoms with Crippen molar-refractivity contribution >= 4 is 39.2 Å². The van der Waals surface area contributed by atoms with Gasteiger partial charge in [-0.3, -0.25) is 9.78 Å². The number of aliphatic carboxylic acids is 1. The summed E-state index contributed by atoms with van der Waals surface area (Å²) in [5.41, 5.74) is 1.69. The van der Waals surface area contributed by atoms with E-state index in [9.17, 15) is 18.3 Å². The predicted octanol–water partition coefficient (Wildman–Crippen LogP) is 3.73. The number of hydrogen-bond donors (Lipinski definition) is 1. The van der Waals surface area contributed by atoms with Crippen LogP contribution in [0, 0.1) is 5.92 Å². The van der Waals surface area contributed by atoms with Gasteiger partial charge in [0.15, 0.2) is 0 Å². The Morgan fingerprint density at radius 2 is 1.97 bits per heavy atom. The average molecular weight is 473 g/mol. The fourth-order valence-corrected chi connectivity index (χ4v) is 5.44. The fourth-order valence-electron chi connectivity index (χ4n) is 3.08. The average Bonchev–Trinajstić information content (AvgIpc) is 3.49. The van der Waals surface area contributed by atoms with Gasteiger partial charge in [-0.25, -0.2) is 8.42 Å². The zero-order valence-electron chi connectivity index (χ0n) is 16.5. The monoisotopic (exact) mass is 472 g/mol. The molecule has 1 saturated heterocycles. The van der Waals surface area contributed by atoms with Crippen LogP contribution in [0.4, 0.5) is 0 Å². The number of carboxylic acids is 1. The van der Waals surface area contributed by atoms with Gasteiger partial charge in [-0.1, -0.05) is 36.2 Å². The highest BCUT2D eigenvalue weighted by Gasteiger charge is 2.33. The van der Waals surface area contributed by atoms with Crippen molar-refractivity contribution in [3.63, 3.8) is 0 Å². The lowest BCUT2D eigenvalue weighted by Gasteiger charge is -2.18. The molecule has 1 aromatic heterocycles. The third kappa shape index (κ3) is 5.12. The van der Waals surface area contributed by atoms with Crippen molar-refractivity contribution in [2.75, 3.05) is 20.2 Å². The maximum absolute atomic E-state index is 12.9. The highest BCUT2D eigenvalue weighted by Crippen LogP contribution is 2.36. The second-order valence-electron chi connectivity index (χ2n) is 7.17. The van der Waals surface area contributed by atoms with E-state index < -0.39 is 21.9 Å². The molecule has 162 valence electrons. The Hall–Kier alpha value is -1.71. The van der Waals surface area contributed by atoms with Gasteiger partial charge in [-0.15, -0.1) is 0 Å². The highest BCUT2D eigenvalue weighted by atomic mass is 35.5. The molecule has 10 heteroatoms. The molecule has 0 radical (unpaired) electrons. The number of rotatable bonds is 9. The Balaban J connectivity index is 1.91. The molecule has 0 bridgehead atoms. The Labute approximate surface area is 185 Å². The van der Waals surface area contributed by atoms with Crippen molar-refractivity contribution in [3.05, 3.63) is 46.1 Å². The van der Waals surface area contributed by atoms with E-state index in [1.165, 1.54) is 23.5 Å². The number of carboxylic acid groups (broad SMARTS) is 1. The van der Waals surface area contributed by atoms with E-state index in [1.54, 1.807) is 18.2 Å². The molecule has 1 fully saturated rings. The van der Waals surface area contributed by atoms with Crippen LogP contribution in [0.5, 0.6) is 0 Å². The zero-order chi connectivity index (χ0) is 22.1. The second-order valence-corrected chi connectivity index (χ2v) is 9.97. The number of hydrogen-bond acceptors (Lipinski definition) is 5. The van der Waals surface area contributed by atoms with Crippen LogP contribution in [0.25, 0.3) is 11.3 Å². The molecule has 0 spiro atoms. The molecule has 0 amide bonds. The van der Waals surface area contributed by atoms with Gasteiger partial charge in [0.2, 0.25) is 10.0 Å². The van der Waals surface area contributed by atoms with Gasteiger partial charge < -0.3 is 9.84 Å². The third-order valence-electron chi connectivity index (χ3n) is 4.93. The van der Waals surface area contributed by atoms with Crippen molar-refractivity contribution in [3.8, 4) is 11.3 Å². The number of halogens is 2. The lowest BCUT2D eigenvalue weighted by molar-refractivity contribution is -0.141. The number of carbonyl (C=O) groups is 1. The summed E-state index contributed by atoms with van der Waals surface area (Å²) in [6, 6.07) is 8.26. The van der Waals surface area contributed by atoms with Crippen LogP contribution in [-0.4, -0.2) is 55.1 Å². The van der Waals surface area contributed by atoms with Crippen LogP contribution in [0.1, 0.15) is 19.0 Å². The predicted molar refractivity (Wildman–Crippen MR) is 114 cm³/mol. The van der Waals surface area contributed by atoms with E-state index in [-0.39, 0.29) is 27.6 Å². The Morgan fingerprint density at radius 3 is 2.50 bits per heavy atom. The molecule has 3 rings (SSSR count). The number of epoxide rings is 1. The number of benzene rings is 1. The summed E-state index contributed by atoms with van der Waals surface area (Å²) in [5.74, 6) is -1.40. The standard InChI is InChI=1S/C20H22Cl2N2O5S/c1-3-12(20(25)26)7-14-5-4-6-18(23-14)13-8-16(21)19(17(22)9-13)30(27,28)24(2)10-15-11-29-15/h4-6,8-9,12,15H,3,7,10-11H2,1-2H3,(H,25,26)/t12-,15?/m0/s1. The fraction of sp³-hybridized carbons (Fsp3) is 0.400. The third-order valence-corrected chi connectivity index (χ3v) is 7.68. The molecule has 0 saturated carbocycles. The molecule has 1 aliphatic heterocycles. The maximum atomic E-state index is 12.9. The second kappa shape index (κ2) is 9.20. The lowest BCUT2D eigenvalue weighted by Crippen LogP contribution is -2.31. The summed E-state index contributed by atoms with van der Waals surface area (Å²) in [6.07, 6.45) is 0.679. The van der Waals surface area contributed by atoms with Crippen molar-refractivity contribution in [2.45, 2.75) is 30.8 Å². The van der Waals surface area contributed by atoms with Crippen LogP contribution in [0.3, 0.4) is 0 Å². The first-order valence-corrected chi connectivity index (χ1v) is 11.6. The van der Waals surface area contributed by atoms with Crippen LogP contribution >= 0.6 is 23.2 Å². The zero-order valence-corrected chi connectivity index (χ0v) is 18.8. The van der Waals surface area contributed by atoms with Gasteiger partial charge in [-0.2, -0.15) is 4.31 Å². The van der Waals surface area contributed by atoms with Gasteiger partial charge in [0.25, 0.3) is 0 Å². The highest BCUT2D eigenvalue weighted by molar-refractivity contribution is 7.89. The topological polar surface area (TPSA) is 100 Å². The SMILES string of the molecule is CC[C@@H](Cc1cccc(-c2cc(Cl)c(S(=O)(=O)N(C)CC3CO3)c(Cl)c2)n1)C(=O)O. The van der Waals surface area contributed by atoms with E-state index >= 15 is 0 Å². The number of likely N-dealkylation sites (N-methyl/N-ethyl adjacent to an activating group) is 1. The molecule has 0 aliphatic carbocycles. The normalized spacial score (nSPS) is 17.2. The van der Waals surface area contributed by atoms with Gasteiger partial charge in [0.05, 0.1) is 34.4 Å². The number of pyridine rings is 1. The summed E-state index contributed by atoms with van der Waals surface area (Å²) in [6.45, 7) is 2.57. The first-order valence-electron chi connectivity index (χ1n) is 9.39. The van der Waals surface area contributed by atoms with E-state index in [2.05, 4.69) is 4.98 Å². The largest absolute Gasteiger partial charge is 0.481 e. The van der Waals surface area contributed by atoms with Gasteiger partial charge in [0.1, 0.15) is 4.90 Å². The number of ether oxygens (including phenoxy) is 1. The molecular formula is C20H22Cl2N2O5S. The lowest BCUT2D eigenvalue weighted by atomic mass is 10.00. The van der Waals surface area contributed by atoms with E-state index in [4.69, 9.17) is 27.9 Å². The van der Waals surface area contributed by atoms with Gasteiger partial charge in [0, 0.05) is 31.3 Å². The van der Waals surface area contributed by atoms with Crippen LogP contribution < -0.4 is 0 Å². The smallest absolute Gasteiger partial charge is 0.306 e. The molecule has 1 aliphatic rings. The Kier molecular flexibility index (Phi) is 7.04. The van der Waals surface area contributed by atoms with Crippen molar-refractivity contribution < 1.29 is 23.1 Å². The minimum Gasteiger partial charge on any atom is -0.481 e. The summed E-state index contributed by atoms with van der Waals surface area (Å²) < 4.78 is 32.0. The summed E-state index contributed by atoms with van der Waals surface area (Å²) in [4.78, 5) is 15.7. The van der Waals surface area contributed by atoms with Crippen molar-refractivity contribution in [2.24, 2.45) is 5.92 Å². The summed E-state index contributed by atoms with van der Waals surface area (Å²) in [7, 11) is -2.43. The van der Waals surface area contributed by atoms with Crippen LogP contribution in [0.2, 0.25) is 10.0 Å². The molecule has 1 N–H and O–H groups in total. The van der Waals surface area contributed by atoms with Crippen molar-refractivity contribution in [1.82, 2.24) is 9.29 Å². The van der Waals surface area contributed by atoms with Crippen molar-refractivity contribution in [1.29, 1.82) is 0 Å². The first kappa shape index (κ1) is 23.0. The molecule has 1 aromatic carbocycles. The van der Waals surface area contributed by atoms with Crippen LogP contribution in [0.15, 0.2) is 35.2 Å². The van der Waals surface area contributed by atoms with Gasteiger partial charge in [-0.05, 0) is 30.7 Å².